The van der Waals surface area contributed by atoms with Crippen LogP contribution in [0.3, 0.4) is 0 Å². The molecule has 2 aromatic rings. The van der Waals surface area contributed by atoms with Crippen LogP contribution in [0, 0.1) is 25.2 Å². The largest absolute Gasteiger partial charge is 0.354 e. The number of rotatable bonds is 2. The van der Waals surface area contributed by atoms with Crippen molar-refractivity contribution in [2.45, 2.75) is 13.8 Å². The molecule has 4 heteroatoms. The first kappa shape index (κ1) is 14.1. The lowest BCUT2D eigenvalue weighted by Crippen LogP contribution is -1.97. The van der Waals surface area contributed by atoms with E-state index in [-0.39, 0.29) is 0 Å². The zero-order valence-electron chi connectivity index (χ0n) is 10.6. The van der Waals surface area contributed by atoms with E-state index in [4.69, 9.17) is 5.26 Å². The Hall–Kier alpha value is -1.31. The van der Waals surface area contributed by atoms with Gasteiger partial charge in [0.25, 0.3) is 0 Å². The highest BCUT2D eigenvalue weighted by Crippen LogP contribution is 2.31. The van der Waals surface area contributed by atoms with Crippen LogP contribution in [0.5, 0.6) is 0 Å². The monoisotopic (exact) mass is 378 g/mol. The summed E-state index contributed by atoms with van der Waals surface area (Å²) in [4.78, 5) is 0. The second-order valence-corrected chi connectivity index (χ2v) is 6.12. The van der Waals surface area contributed by atoms with Crippen molar-refractivity contribution in [3.63, 3.8) is 0 Å². The number of anilines is 2. The molecule has 19 heavy (non-hydrogen) atoms. The molecule has 0 radical (unpaired) electrons. The highest BCUT2D eigenvalue weighted by Gasteiger charge is 2.07. The maximum atomic E-state index is 8.86. The first-order chi connectivity index (χ1) is 9.01. The van der Waals surface area contributed by atoms with Gasteiger partial charge in [-0.3, -0.25) is 0 Å². The third-order valence-corrected chi connectivity index (χ3v) is 3.97. The fourth-order valence-corrected chi connectivity index (χ4v) is 3.09. The van der Waals surface area contributed by atoms with Gasteiger partial charge in [0.2, 0.25) is 0 Å². The summed E-state index contributed by atoms with van der Waals surface area (Å²) in [6.07, 6.45) is 0. The average Bonchev–Trinajstić information content (AvgIpc) is 2.35. The minimum atomic E-state index is 0.640. The second-order valence-electron chi connectivity index (χ2n) is 4.35. The Bertz CT molecular complexity index is 649. The van der Waals surface area contributed by atoms with Crippen LogP contribution in [0.2, 0.25) is 0 Å². The third-order valence-electron chi connectivity index (χ3n) is 2.86. The molecular weight excluding hydrogens is 368 g/mol. The maximum absolute atomic E-state index is 8.86. The lowest BCUT2D eigenvalue weighted by Gasteiger charge is -2.14. The predicted octanol–water partition coefficient (Wildman–Crippen LogP) is 5.44. The van der Waals surface area contributed by atoms with Crippen molar-refractivity contribution in [3.05, 3.63) is 56.0 Å². The van der Waals surface area contributed by atoms with Crippen molar-refractivity contribution in [2.75, 3.05) is 5.32 Å². The average molecular weight is 380 g/mol. The quantitative estimate of drug-likeness (QED) is 0.753. The van der Waals surface area contributed by atoms with Crippen LogP contribution >= 0.6 is 31.9 Å². The van der Waals surface area contributed by atoms with E-state index in [2.05, 4.69) is 69.2 Å². The van der Waals surface area contributed by atoms with Gasteiger partial charge in [0.1, 0.15) is 0 Å². The SMILES string of the molecule is Cc1cc(Br)cc(C)c1Nc1ccc(C#N)cc1Br. The van der Waals surface area contributed by atoms with Crippen LogP contribution in [0.15, 0.2) is 39.3 Å². The van der Waals surface area contributed by atoms with Gasteiger partial charge in [0.05, 0.1) is 17.3 Å². The molecule has 0 aromatic heterocycles. The summed E-state index contributed by atoms with van der Waals surface area (Å²) in [5, 5.41) is 12.3. The van der Waals surface area contributed by atoms with Gasteiger partial charge >= 0.3 is 0 Å². The highest BCUT2D eigenvalue weighted by molar-refractivity contribution is 9.10. The van der Waals surface area contributed by atoms with Gasteiger partial charge in [-0.25, -0.2) is 0 Å². The molecule has 0 heterocycles. The number of aryl methyl sites for hydroxylation is 2. The molecule has 0 bridgehead atoms. The number of halogens is 2. The summed E-state index contributed by atoms with van der Waals surface area (Å²) in [7, 11) is 0. The molecule has 2 aromatic carbocycles. The van der Waals surface area contributed by atoms with Gasteiger partial charge in [-0.05, 0) is 71.2 Å². The minimum Gasteiger partial charge on any atom is -0.354 e. The second kappa shape index (κ2) is 5.77. The maximum Gasteiger partial charge on any atom is 0.0992 e. The third kappa shape index (κ3) is 3.17. The molecule has 0 spiro atoms. The van der Waals surface area contributed by atoms with E-state index < -0.39 is 0 Å². The molecule has 0 aliphatic heterocycles. The van der Waals surface area contributed by atoms with E-state index in [0.29, 0.717) is 5.56 Å². The summed E-state index contributed by atoms with van der Waals surface area (Å²) in [5.41, 5.74) is 5.02. The van der Waals surface area contributed by atoms with Gasteiger partial charge in [-0.2, -0.15) is 5.26 Å². The zero-order chi connectivity index (χ0) is 14.0. The molecule has 0 atom stereocenters. The van der Waals surface area contributed by atoms with E-state index >= 15 is 0 Å². The summed E-state index contributed by atoms with van der Waals surface area (Å²) < 4.78 is 1.96. The summed E-state index contributed by atoms with van der Waals surface area (Å²) in [5.74, 6) is 0. The molecule has 1 N–H and O–H groups in total. The number of nitriles is 1. The molecule has 0 saturated carbocycles. The molecule has 0 saturated heterocycles. The number of nitrogens with one attached hydrogen (secondary N) is 1. The van der Waals surface area contributed by atoms with Crippen molar-refractivity contribution in [2.24, 2.45) is 0 Å². The van der Waals surface area contributed by atoms with Gasteiger partial charge in [0.15, 0.2) is 0 Å². The Morgan fingerprint density at radius 1 is 1.05 bits per heavy atom. The fourth-order valence-electron chi connectivity index (χ4n) is 1.93. The topological polar surface area (TPSA) is 35.8 Å². The predicted molar refractivity (Wildman–Crippen MR) is 85.8 cm³/mol. The first-order valence-corrected chi connectivity index (χ1v) is 7.33. The molecule has 0 amide bonds. The molecule has 0 fully saturated rings. The van der Waals surface area contributed by atoms with E-state index in [1.165, 1.54) is 11.1 Å². The molecule has 2 nitrogen and oxygen atoms in total. The Kier molecular flexibility index (Phi) is 4.28. The molecule has 0 unspecified atom stereocenters. The lowest BCUT2D eigenvalue weighted by atomic mass is 10.1. The van der Waals surface area contributed by atoms with Crippen LogP contribution in [0.1, 0.15) is 16.7 Å². The molecule has 2 rings (SSSR count). The van der Waals surface area contributed by atoms with Crippen LogP contribution in [0.4, 0.5) is 11.4 Å². The molecule has 0 aliphatic rings. The van der Waals surface area contributed by atoms with E-state index in [9.17, 15) is 0 Å². The van der Waals surface area contributed by atoms with Crippen molar-refractivity contribution >= 4 is 43.2 Å². The highest BCUT2D eigenvalue weighted by atomic mass is 79.9. The smallest absolute Gasteiger partial charge is 0.0992 e. The van der Waals surface area contributed by atoms with Crippen LogP contribution in [0.25, 0.3) is 0 Å². The standard InChI is InChI=1S/C15H12Br2N2/c1-9-5-12(16)6-10(2)15(9)19-14-4-3-11(8-18)7-13(14)17/h3-7,19H,1-2H3. The zero-order valence-corrected chi connectivity index (χ0v) is 13.8. The Morgan fingerprint density at radius 2 is 1.68 bits per heavy atom. The lowest BCUT2D eigenvalue weighted by molar-refractivity contribution is 1.34. The minimum absolute atomic E-state index is 0.640. The Labute approximate surface area is 129 Å². The van der Waals surface area contributed by atoms with E-state index in [0.717, 1.165) is 20.3 Å². The Balaban J connectivity index is 2.40. The molecule has 0 aliphatic carbocycles. The summed E-state index contributed by atoms with van der Waals surface area (Å²) in [6.45, 7) is 4.13. The van der Waals surface area contributed by atoms with Crippen LogP contribution in [-0.4, -0.2) is 0 Å². The van der Waals surface area contributed by atoms with Crippen LogP contribution in [-0.2, 0) is 0 Å². The number of nitrogens with zero attached hydrogens (tertiary/aromatic N) is 1. The van der Waals surface area contributed by atoms with Crippen molar-refractivity contribution in [3.8, 4) is 6.07 Å². The van der Waals surface area contributed by atoms with Gasteiger partial charge in [-0.1, -0.05) is 15.9 Å². The Morgan fingerprint density at radius 3 is 2.21 bits per heavy atom. The van der Waals surface area contributed by atoms with E-state index in [1.807, 2.05) is 12.1 Å². The van der Waals surface area contributed by atoms with Gasteiger partial charge in [0, 0.05) is 14.6 Å². The number of benzene rings is 2. The fraction of sp³-hybridized carbons (Fsp3) is 0.133. The molecular formula is C15H12Br2N2. The summed E-state index contributed by atoms with van der Waals surface area (Å²) >= 11 is 6.98. The number of hydrogen-bond acceptors (Lipinski definition) is 2. The van der Waals surface area contributed by atoms with Gasteiger partial charge in [-0.15, -0.1) is 0 Å². The van der Waals surface area contributed by atoms with Crippen LogP contribution < -0.4 is 5.32 Å². The molecule has 96 valence electrons. The summed E-state index contributed by atoms with van der Waals surface area (Å²) in [6, 6.07) is 11.8. The van der Waals surface area contributed by atoms with Gasteiger partial charge < -0.3 is 5.32 Å². The van der Waals surface area contributed by atoms with Crippen molar-refractivity contribution < 1.29 is 0 Å². The number of hydrogen-bond donors (Lipinski definition) is 1. The normalized spacial score (nSPS) is 10.1. The van der Waals surface area contributed by atoms with Crippen molar-refractivity contribution in [1.82, 2.24) is 0 Å². The van der Waals surface area contributed by atoms with Crippen molar-refractivity contribution in [1.29, 1.82) is 5.26 Å². The first-order valence-electron chi connectivity index (χ1n) is 5.74. The van der Waals surface area contributed by atoms with E-state index in [1.54, 1.807) is 6.07 Å².